The number of aliphatic hydroxyl groups is 1. The maximum Gasteiger partial charge on any atom is 0.493 e. The van der Waals surface area contributed by atoms with Gasteiger partial charge in [-0.25, -0.2) is 18.5 Å². The molecule has 30 heavy (non-hydrogen) atoms. The molecule has 10 heteroatoms. The summed E-state index contributed by atoms with van der Waals surface area (Å²) in [6, 6.07) is 5.71. The highest BCUT2D eigenvalue weighted by atomic mass is 32.2. The number of hydrogen-bond acceptors (Lipinski definition) is 6. The summed E-state index contributed by atoms with van der Waals surface area (Å²) in [7, 11) is -4.95. The van der Waals surface area contributed by atoms with Crippen LogP contribution in [0.25, 0.3) is 0 Å². The van der Waals surface area contributed by atoms with E-state index in [9.17, 15) is 19.1 Å². The highest BCUT2D eigenvalue weighted by Crippen LogP contribution is 2.38. The number of urea groups is 1. The molecule has 5 N–H and O–H groups in total. The van der Waals surface area contributed by atoms with Gasteiger partial charge in [-0.05, 0) is 78.4 Å². The van der Waals surface area contributed by atoms with Crippen LogP contribution in [0.4, 0.5) is 10.5 Å². The van der Waals surface area contributed by atoms with Gasteiger partial charge in [-0.1, -0.05) is 12.1 Å². The van der Waals surface area contributed by atoms with Crippen LogP contribution in [0, 0.1) is 4.78 Å². The van der Waals surface area contributed by atoms with Crippen molar-refractivity contribution in [2.24, 2.45) is 0 Å². The molecule has 1 heterocycles. The van der Waals surface area contributed by atoms with Crippen molar-refractivity contribution in [2.45, 2.75) is 49.7 Å². The second-order valence-corrected chi connectivity index (χ2v) is 9.77. The van der Waals surface area contributed by atoms with Crippen molar-refractivity contribution in [3.63, 3.8) is 0 Å². The first-order valence-corrected chi connectivity index (χ1v) is 11.6. The van der Waals surface area contributed by atoms with Gasteiger partial charge < -0.3 is 20.1 Å². The molecule has 2 amide bonds. The largest absolute Gasteiger partial charge is 0.493 e. The molecule has 2 aromatic rings. The Bertz CT molecular complexity index is 1140. The molecule has 0 spiro atoms. The minimum atomic E-state index is -3.68. The maximum absolute atomic E-state index is 13.0. The second kappa shape index (κ2) is 7.09. The monoisotopic (exact) mass is 427 g/mol. The van der Waals surface area contributed by atoms with E-state index in [-0.39, 0.29) is 10.5 Å². The fourth-order valence-electron chi connectivity index (χ4n) is 4.73. The number of carbonyl (C=O) groups is 1. The molecular formula is C20H22BN3O5S. The molecule has 5 rings (SSSR count). The topological polar surface area (TPSA) is 132 Å². The summed E-state index contributed by atoms with van der Waals surface area (Å²) >= 11 is 0. The number of fused-ring (bicyclic) bond motifs is 3. The summed E-state index contributed by atoms with van der Waals surface area (Å²) in [4.78, 5) is 12.7. The third-order valence-corrected chi connectivity index (χ3v) is 7.52. The van der Waals surface area contributed by atoms with Crippen molar-refractivity contribution < 1.29 is 23.8 Å². The number of benzene rings is 2. The summed E-state index contributed by atoms with van der Waals surface area (Å²) in [5.74, 6) is 0. The average Bonchev–Trinajstić information content (AvgIpc) is 3.41. The lowest BCUT2D eigenvalue weighted by Gasteiger charge is -2.17. The third kappa shape index (κ3) is 3.20. The third-order valence-electron chi connectivity index (χ3n) is 6.13. The number of aliphatic hydroxyl groups excluding tert-OH is 1. The van der Waals surface area contributed by atoms with E-state index in [2.05, 4.69) is 16.1 Å². The van der Waals surface area contributed by atoms with E-state index in [1.165, 1.54) is 29.3 Å². The van der Waals surface area contributed by atoms with E-state index in [1.54, 1.807) is 0 Å². The van der Waals surface area contributed by atoms with E-state index < -0.39 is 29.4 Å². The van der Waals surface area contributed by atoms with E-state index in [4.69, 9.17) is 9.43 Å². The summed E-state index contributed by atoms with van der Waals surface area (Å²) in [6.45, 7) is 0. The molecule has 0 bridgehead atoms. The van der Waals surface area contributed by atoms with E-state index in [0.717, 1.165) is 55.3 Å². The summed E-state index contributed by atoms with van der Waals surface area (Å²) in [6.07, 6.45) is 4.54. The average molecular weight is 427 g/mol. The van der Waals surface area contributed by atoms with Crippen LogP contribution < -0.4 is 15.5 Å². The summed E-state index contributed by atoms with van der Waals surface area (Å²) in [5, 5.41) is 22.5. The van der Waals surface area contributed by atoms with Gasteiger partial charge in [-0.3, -0.25) is 0 Å². The zero-order valence-electron chi connectivity index (χ0n) is 16.2. The Hall–Kier alpha value is -2.40. The number of carbonyl (C=O) groups excluding carboxylic acids is 1. The number of hydrogen-bond donors (Lipinski definition) is 5. The fourth-order valence-corrected chi connectivity index (χ4v) is 5.72. The van der Waals surface area contributed by atoms with Crippen molar-refractivity contribution in [3.05, 3.63) is 52.1 Å². The first-order chi connectivity index (χ1) is 14.3. The van der Waals surface area contributed by atoms with Crippen LogP contribution in [0.5, 0.6) is 0 Å². The van der Waals surface area contributed by atoms with Gasteiger partial charge in [0.1, 0.15) is 0 Å². The Balaban J connectivity index is 1.40. The van der Waals surface area contributed by atoms with Crippen molar-refractivity contribution in [3.8, 4) is 0 Å². The van der Waals surface area contributed by atoms with Crippen LogP contribution in [0.3, 0.4) is 0 Å². The zero-order valence-corrected chi connectivity index (χ0v) is 17.1. The lowest BCUT2D eigenvalue weighted by atomic mass is 9.80. The van der Waals surface area contributed by atoms with Gasteiger partial charge in [-0.2, -0.15) is 0 Å². The first-order valence-electron chi connectivity index (χ1n) is 10.0. The predicted molar refractivity (Wildman–Crippen MR) is 112 cm³/mol. The van der Waals surface area contributed by atoms with Crippen molar-refractivity contribution in [2.75, 3.05) is 5.32 Å². The molecule has 0 radical (unpaired) electrons. The van der Waals surface area contributed by atoms with Gasteiger partial charge in [0, 0.05) is 11.3 Å². The molecule has 0 aromatic heterocycles. The Morgan fingerprint density at radius 3 is 2.47 bits per heavy atom. The number of rotatable bonds is 3. The lowest BCUT2D eigenvalue weighted by Crippen LogP contribution is -2.35. The van der Waals surface area contributed by atoms with Gasteiger partial charge in [-0.15, -0.1) is 0 Å². The molecule has 3 aliphatic rings. The molecule has 0 fully saturated rings. The minimum absolute atomic E-state index is 0.0247. The van der Waals surface area contributed by atoms with Crippen molar-refractivity contribution in [1.29, 1.82) is 4.78 Å². The lowest BCUT2D eigenvalue weighted by molar-refractivity contribution is -0.0220. The number of aryl methyl sites for hydroxylation is 2. The Morgan fingerprint density at radius 1 is 1.13 bits per heavy atom. The smallest absolute Gasteiger partial charge is 0.423 e. The maximum atomic E-state index is 13.0. The minimum Gasteiger partial charge on any atom is -0.423 e. The van der Waals surface area contributed by atoms with E-state index >= 15 is 0 Å². The fraction of sp³-hybridized carbons (Fsp3) is 0.350. The molecule has 2 aromatic carbocycles. The molecule has 2 aliphatic carbocycles. The highest BCUT2D eigenvalue weighted by molar-refractivity contribution is 7.91. The van der Waals surface area contributed by atoms with Gasteiger partial charge in [0.25, 0.3) is 0 Å². The standard InChI is InChI=1S/C20H22BN3O5S/c22-30(28,13-7-8-17-16(10-13)19(25)29-21(17)27)24-20(26)23-18-14-5-1-3-11(14)9-12-4-2-6-15(12)18/h7-10,19,25,27H,1-6H2,(H3,22,23,24,26,28). The van der Waals surface area contributed by atoms with Crippen molar-refractivity contribution in [1.82, 2.24) is 4.72 Å². The van der Waals surface area contributed by atoms with Crippen LogP contribution in [0.2, 0.25) is 0 Å². The Kier molecular flexibility index (Phi) is 4.62. The molecule has 156 valence electrons. The van der Waals surface area contributed by atoms with Crippen LogP contribution in [0.1, 0.15) is 46.9 Å². The number of anilines is 1. The summed E-state index contributed by atoms with van der Waals surface area (Å²) < 4.78 is 28.4. The van der Waals surface area contributed by atoms with Crippen LogP contribution >= 0.6 is 0 Å². The van der Waals surface area contributed by atoms with Crippen LogP contribution in [-0.2, 0) is 40.3 Å². The van der Waals surface area contributed by atoms with Gasteiger partial charge >= 0.3 is 13.1 Å². The molecule has 2 atom stereocenters. The SMILES string of the molecule is N=S(=O)(NC(=O)Nc1c2c(cc3c1CCC3)CCC2)c1ccc2c(c1)C(O)OB2O. The molecule has 1 aliphatic heterocycles. The number of amides is 2. The molecule has 2 unspecified atom stereocenters. The van der Waals surface area contributed by atoms with Gasteiger partial charge in [0.05, 0.1) is 4.90 Å². The van der Waals surface area contributed by atoms with E-state index in [0.29, 0.717) is 5.46 Å². The second-order valence-electron chi connectivity index (χ2n) is 7.98. The first kappa shape index (κ1) is 19.6. The highest BCUT2D eigenvalue weighted by Gasteiger charge is 2.35. The van der Waals surface area contributed by atoms with Crippen LogP contribution in [-0.4, -0.2) is 27.5 Å². The van der Waals surface area contributed by atoms with Gasteiger partial charge in [0.15, 0.2) is 16.2 Å². The Labute approximate surface area is 174 Å². The molecule has 0 saturated heterocycles. The quantitative estimate of drug-likeness (QED) is 0.474. The van der Waals surface area contributed by atoms with Gasteiger partial charge in [0.2, 0.25) is 0 Å². The molecule has 8 nitrogen and oxygen atoms in total. The molecule has 0 saturated carbocycles. The Morgan fingerprint density at radius 2 is 1.80 bits per heavy atom. The normalized spacial score (nSPS) is 21.0. The molecular weight excluding hydrogens is 405 g/mol. The predicted octanol–water partition coefficient (Wildman–Crippen LogP) is 1.51. The van der Waals surface area contributed by atoms with E-state index in [1.807, 2.05) is 0 Å². The number of nitrogens with one attached hydrogen (secondary N) is 3. The van der Waals surface area contributed by atoms with Crippen LogP contribution in [0.15, 0.2) is 29.2 Å². The zero-order chi connectivity index (χ0) is 21.0. The summed E-state index contributed by atoms with van der Waals surface area (Å²) in [5.41, 5.74) is 6.23. The van der Waals surface area contributed by atoms with Crippen molar-refractivity contribution >= 4 is 34.2 Å².